The summed E-state index contributed by atoms with van der Waals surface area (Å²) in [5, 5.41) is 0. The zero-order valence-corrected chi connectivity index (χ0v) is 12.1. The van der Waals surface area contributed by atoms with E-state index < -0.39 is 0 Å². The third-order valence-corrected chi connectivity index (χ3v) is 4.35. The zero-order valence-electron chi connectivity index (χ0n) is 12.1. The van der Waals surface area contributed by atoms with Crippen molar-refractivity contribution >= 4 is 11.3 Å². The summed E-state index contributed by atoms with van der Waals surface area (Å²) in [5.74, 6) is 0. The van der Waals surface area contributed by atoms with E-state index in [0.717, 1.165) is 50.5 Å². The molecule has 4 heteroatoms. The van der Waals surface area contributed by atoms with E-state index in [2.05, 4.69) is 22.9 Å². The molecule has 1 aromatic heterocycles. The minimum Gasteiger partial charge on any atom is -0.397 e. The smallest absolute Gasteiger partial charge is 0.0689 e. The number of aryl methyl sites for hydroxylation is 1. The molecule has 1 aromatic rings. The van der Waals surface area contributed by atoms with Crippen LogP contribution in [-0.4, -0.2) is 42.2 Å². The number of nitrogen functional groups attached to an aromatic ring is 1. The first kappa shape index (κ1) is 13.6. The number of anilines is 1. The minimum absolute atomic E-state index is 0.678. The molecule has 1 aliphatic carbocycles. The first-order valence-electron chi connectivity index (χ1n) is 7.47. The summed E-state index contributed by atoms with van der Waals surface area (Å²) in [7, 11) is 0. The number of rotatable bonds is 2. The average molecular weight is 273 g/mol. The van der Waals surface area contributed by atoms with Crippen molar-refractivity contribution in [2.75, 3.05) is 32.0 Å². The van der Waals surface area contributed by atoms with E-state index >= 15 is 0 Å². The van der Waals surface area contributed by atoms with Gasteiger partial charge in [0.2, 0.25) is 0 Å². The van der Waals surface area contributed by atoms with Gasteiger partial charge < -0.3 is 10.5 Å². The number of ether oxygens (including phenoxy) is 1. The summed E-state index contributed by atoms with van der Waals surface area (Å²) < 4.78 is 5.43. The number of nitrogens with zero attached hydrogens (tertiary/aromatic N) is 2. The molecule has 3 rings (SSSR count). The highest BCUT2D eigenvalue weighted by molar-refractivity contribution is 5.67. The van der Waals surface area contributed by atoms with Crippen LogP contribution >= 0.6 is 0 Å². The van der Waals surface area contributed by atoms with Crippen LogP contribution in [0.2, 0.25) is 0 Å². The highest BCUT2D eigenvalue weighted by Crippen LogP contribution is 2.30. The van der Waals surface area contributed by atoms with Crippen LogP contribution in [0.3, 0.4) is 0 Å². The third kappa shape index (κ3) is 2.86. The zero-order chi connectivity index (χ0) is 13.9. The van der Waals surface area contributed by atoms with Crippen LogP contribution in [-0.2, 0) is 4.74 Å². The molecule has 0 aromatic carbocycles. The molecule has 1 fully saturated rings. The van der Waals surface area contributed by atoms with Gasteiger partial charge in [-0.15, -0.1) is 0 Å². The Morgan fingerprint density at radius 1 is 1.35 bits per heavy atom. The number of morpholine rings is 1. The lowest BCUT2D eigenvalue weighted by Crippen LogP contribution is -2.43. The lowest BCUT2D eigenvalue weighted by atomic mass is 9.90. The lowest BCUT2D eigenvalue weighted by Gasteiger charge is -2.36. The maximum Gasteiger partial charge on any atom is 0.0689 e. The summed E-state index contributed by atoms with van der Waals surface area (Å²) in [6, 6.07) is 2.69. The number of hydrogen-bond acceptors (Lipinski definition) is 4. The van der Waals surface area contributed by atoms with Gasteiger partial charge in [0.25, 0.3) is 0 Å². The number of nitrogens with two attached hydrogens (primary N) is 1. The minimum atomic E-state index is 0.678. The first-order valence-corrected chi connectivity index (χ1v) is 7.47. The van der Waals surface area contributed by atoms with Crippen molar-refractivity contribution in [3.8, 4) is 0 Å². The SMILES string of the molecule is Cc1cc(N)cnc1C1=CCC(N2CCOCC2)CC1. The van der Waals surface area contributed by atoms with Crippen LogP contribution in [0.5, 0.6) is 0 Å². The molecule has 2 aliphatic rings. The Morgan fingerprint density at radius 3 is 2.80 bits per heavy atom. The quantitative estimate of drug-likeness (QED) is 0.898. The highest BCUT2D eigenvalue weighted by atomic mass is 16.5. The fourth-order valence-electron chi connectivity index (χ4n) is 3.24. The van der Waals surface area contributed by atoms with Gasteiger partial charge in [0.1, 0.15) is 0 Å². The van der Waals surface area contributed by atoms with E-state index in [1.807, 2.05) is 6.07 Å². The molecule has 2 N–H and O–H groups in total. The third-order valence-electron chi connectivity index (χ3n) is 4.35. The van der Waals surface area contributed by atoms with Gasteiger partial charge in [-0.25, -0.2) is 0 Å². The molecule has 20 heavy (non-hydrogen) atoms. The summed E-state index contributed by atoms with van der Waals surface area (Å²) in [4.78, 5) is 7.08. The second kappa shape index (κ2) is 5.94. The van der Waals surface area contributed by atoms with Crippen molar-refractivity contribution in [2.45, 2.75) is 32.2 Å². The Balaban J connectivity index is 1.70. The molecule has 108 valence electrons. The van der Waals surface area contributed by atoms with E-state index in [1.165, 1.54) is 17.6 Å². The molecule has 0 bridgehead atoms. The average Bonchev–Trinajstić information content (AvgIpc) is 2.48. The van der Waals surface area contributed by atoms with Crippen molar-refractivity contribution in [3.05, 3.63) is 29.6 Å². The summed E-state index contributed by atoms with van der Waals surface area (Å²) >= 11 is 0. The van der Waals surface area contributed by atoms with Crippen LogP contribution in [0.4, 0.5) is 5.69 Å². The molecular formula is C16H23N3O. The molecular weight excluding hydrogens is 250 g/mol. The van der Waals surface area contributed by atoms with Crippen molar-refractivity contribution in [1.82, 2.24) is 9.88 Å². The van der Waals surface area contributed by atoms with Crippen LogP contribution in [0, 0.1) is 6.92 Å². The van der Waals surface area contributed by atoms with Crippen molar-refractivity contribution < 1.29 is 4.74 Å². The van der Waals surface area contributed by atoms with E-state index in [0.29, 0.717) is 6.04 Å². The second-order valence-corrected chi connectivity index (χ2v) is 5.74. The molecule has 1 unspecified atom stereocenters. The molecule has 1 aliphatic heterocycles. The largest absolute Gasteiger partial charge is 0.397 e. The predicted molar refractivity (Wildman–Crippen MR) is 81.4 cm³/mol. The van der Waals surface area contributed by atoms with E-state index in [-0.39, 0.29) is 0 Å². The number of aromatic nitrogens is 1. The topological polar surface area (TPSA) is 51.4 Å². The van der Waals surface area contributed by atoms with Gasteiger partial charge in [-0.3, -0.25) is 9.88 Å². The normalized spacial score (nSPS) is 24.4. The molecule has 0 spiro atoms. The standard InChI is InChI=1S/C16H23N3O/c1-12-10-14(17)11-18-16(12)13-2-4-15(5-3-13)19-6-8-20-9-7-19/h2,10-11,15H,3-9,17H2,1H3. The Morgan fingerprint density at radius 2 is 2.15 bits per heavy atom. The Kier molecular flexibility index (Phi) is 4.03. The van der Waals surface area contributed by atoms with Gasteiger partial charge >= 0.3 is 0 Å². The molecule has 0 amide bonds. The summed E-state index contributed by atoms with van der Waals surface area (Å²) in [6.07, 6.45) is 7.59. The Bertz CT molecular complexity index is 506. The first-order chi connectivity index (χ1) is 9.74. The van der Waals surface area contributed by atoms with Gasteiger partial charge in [0.05, 0.1) is 30.8 Å². The van der Waals surface area contributed by atoms with Crippen LogP contribution in [0.25, 0.3) is 5.57 Å². The van der Waals surface area contributed by atoms with E-state index in [9.17, 15) is 0 Å². The van der Waals surface area contributed by atoms with Crippen LogP contribution < -0.4 is 5.73 Å². The van der Waals surface area contributed by atoms with Gasteiger partial charge in [0.15, 0.2) is 0 Å². The summed E-state index contributed by atoms with van der Waals surface area (Å²) in [5.41, 5.74) is 10.2. The van der Waals surface area contributed by atoms with Gasteiger partial charge in [-0.05, 0) is 43.4 Å². The Labute approximate surface area is 120 Å². The fraction of sp³-hybridized carbons (Fsp3) is 0.562. The lowest BCUT2D eigenvalue weighted by molar-refractivity contribution is 0.0150. The number of allylic oxidation sites excluding steroid dienone is 1. The maximum atomic E-state index is 5.78. The van der Waals surface area contributed by atoms with Gasteiger partial charge in [0, 0.05) is 19.1 Å². The van der Waals surface area contributed by atoms with Gasteiger partial charge in [-0.1, -0.05) is 6.08 Å². The summed E-state index contributed by atoms with van der Waals surface area (Å²) in [6.45, 7) is 6.00. The molecule has 1 saturated heterocycles. The number of pyridine rings is 1. The number of hydrogen-bond donors (Lipinski definition) is 1. The van der Waals surface area contributed by atoms with Crippen molar-refractivity contribution in [3.63, 3.8) is 0 Å². The fourth-order valence-corrected chi connectivity index (χ4v) is 3.24. The maximum absolute atomic E-state index is 5.78. The van der Waals surface area contributed by atoms with E-state index in [4.69, 9.17) is 10.5 Å². The van der Waals surface area contributed by atoms with Crippen molar-refractivity contribution in [1.29, 1.82) is 0 Å². The molecule has 4 nitrogen and oxygen atoms in total. The molecule has 0 saturated carbocycles. The molecule has 2 heterocycles. The van der Waals surface area contributed by atoms with Gasteiger partial charge in [-0.2, -0.15) is 0 Å². The highest BCUT2D eigenvalue weighted by Gasteiger charge is 2.24. The Hall–Kier alpha value is -1.39. The predicted octanol–water partition coefficient (Wildman–Crippen LogP) is 2.24. The van der Waals surface area contributed by atoms with E-state index in [1.54, 1.807) is 6.20 Å². The second-order valence-electron chi connectivity index (χ2n) is 5.74. The monoisotopic (exact) mass is 273 g/mol. The van der Waals surface area contributed by atoms with Crippen LogP contribution in [0.1, 0.15) is 30.5 Å². The molecule has 0 radical (unpaired) electrons. The van der Waals surface area contributed by atoms with Crippen LogP contribution in [0.15, 0.2) is 18.3 Å². The molecule has 1 atom stereocenters. The van der Waals surface area contributed by atoms with Crippen molar-refractivity contribution in [2.24, 2.45) is 0 Å².